The zero-order valence-corrected chi connectivity index (χ0v) is 13.9. The molecule has 1 atom stereocenters. The van der Waals surface area contributed by atoms with Crippen LogP contribution in [0.15, 0.2) is 76.4 Å². The molecule has 0 aliphatic heterocycles. The molecule has 0 saturated carbocycles. The molecule has 122 valence electrons. The van der Waals surface area contributed by atoms with Crippen LogP contribution < -0.4 is 0 Å². The van der Waals surface area contributed by atoms with Gasteiger partial charge in [0.2, 0.25) is 0 Å². The molecular formula is C19H16O4S. The molecule has 3 rings (SSSR count). The third-order valence-corrected chi connectivity index (χ3v) is 5.03. The molecule has 2 aromatic carbocycles. The number of hydrogen-bond donors (Lipinski definition) is 0. The molecule has 0 bridgehead atoms. The predicted octanol–water partition coefficient (Wildman–Crippen LogP) is 4.04. The highest BCUT2D eigenvalue weighted by Gasteiger charge is 2.16. The van der Waals surface area contributed by atoms with E-state index in [1.165, 1.54) is 7.11 Å². The van der Waals surface area contributed by atoms with Crippen molar-refractivity contribution in [2.75, 3.05) is 7.11 Å². The second-order valence-electron chi connectivity index (χ2n) is 5.18. The quantitative estimate of drug-likeness (QED) is 0.658. The van der Waals surface area contributed by atoms with Gasteiger partial charge in [-0.3, -0.25) is 4.21 Å². The molecule has 0 aliphatic carbocycles. The fraction of sp³-hybridized carbons (Fsp3) is 0.105. The van der Waals surface area contributed by atoms with Crippen molar-refractivity contribution in [2.45, 2.75) is 10.6 Å². The first-order valence-corrected chi connectivity index (χ1v) is 8.68. The molecule has 0 aliphatic rings. The Balaban J connectivity index is 1.95. The minimum Gasteiger partial charge on any atom is -0.472 e. The minimum atomic E-state index is -1.23. The molecule has 1 heterocycles. The third kappa shape index (κ3) is 3.46. The summed E-state index contributed by atoms with van der Waals surface area (Å²) >= 11 is 0. The van der Waals surface area contributed by atoms with Crippen LogP contribution >= 0.6 is 0 Å². The maximum Gasteiger partial charge on any atom is 0.338 e. The van der Waals surface area contributed by atoms with E-state index in [-0.39, 0.29) is 5.75 Å². The fourth-order valence-corrected chi connectivity index (χ4v) is 3.57. The highest BCUT2D eigenvalue weighted by atomic mass is 32.2. The molecule has 1 unspecified atom stereocenters. The summed E-state index contributed by atoms with van der Waals surface area (Å²) < 4.78 is 22.5. The van der Waals surface area contributed by atoms with Crippen LogP contribution in [0.2, 0.25) is 0 Å². The molecule has 1 aromatic heterocycles. The van der Waals surface area contributed by atoms with Gasteiger partial charge in [0.15, 0.2) is 0 Å². The van der Waals surface area contributed by atoms with Gasteiger partial charge in [0, 0.05) is 10.5 Å². The van der Waals surface area contributed by atoms with Gasteiger partial charge < -0.3 is 9.15 Å². The number of methoxy groups -OCH3 is 1. The van der Waals surface area contributed by atoms with Gasteiger partial charge >= 0.3 is 5.97 Å². The lowest BCUT2D eigenvalue weighted by molar-refractivity contribution is 0.0600. The number of carbonyl (C=O) groups is 1. The van der Waals surface area contributed by atoms with Crippen molar-refractivity contribution in [3.05, 3.63) is 78.3 Å². The molecule has 0 radical (unpaired) electrons. The van der Waals surface area contributed by atoms with Crippen LogP contribution in [0.3, 0.4) is 0 Å². The van der Waals surface area contributed by atoms with E-state index in [0.717, 1.165) is 16.0 Å². The van der Waals surface area contributed by atoms with Crippen molar-refractivity contribution in [3.8, 4) is 11.1 Å². The Kier molecular flexibility index (Phi) is 4.91. The van der Waals surface area contributed by atoms with Gasteiger partial charge in [-0.2, -0.15) is 0 Å². The number of hydrogen-bond acceptors (Lipinski definition) is 4. The van der Waals surface area contributed by atoms with Crippen LogP contribution in [0, 0.1) is 0 Å². The maximum absolute atomic E-state index is 12.5. The number of benzene rings is 2. The SMILES string of the molecule is COC(=O)c1cc(-c2ccoc2)ccc1CS(=O)c1ccccc1. The first-order valence-electron chi connectivity index (χ1n) is 7.36. The van der Waals surface area contributed by atoms with Crippen molar-refractivity contribution < 1.29 is 18.2 Å². The van der Waals surface area contributed by atoms with E-state index in [0.29, 0.717) is 11.1 Å². The van der Waals surface area contributed by atoms with Crippen LogP contribution in [0.5, 0.6) is 0 Å². The van der Waals surface area contributed by atoms with Gasteiger partial charge in [-0.05, 0) is 35.4 Å². The standard InChI is InChI=1S/C19H16O4S/c1-22-19(20)18-11-14(15-9-10-23-12-15)7-8-16(18)13-24(21)17-5-3-2-4-6-17/h2-12H,13H2,1H3. The molecule has 0 amide bonds. The normalized spacial score (nSPS) is 11.9. The summed E-state index contributed by atoms with van der Waals surface area (Å²) in [4.78, 5) is 12.9. The summed E-state index contributed by atoms with van der Waals surface area (Å²) in [6.45, 7) is 0. The van der Waals surface area contributed by atoms with Gasteiger partial charge in [-0.15, -0.1) is 0 Å². The first-order chi connectivity index (χ1) is 11.7. The van der Waals surface area contributed by atoms with Crippen molar-refractivity contribution in [1.29, 1.82) is 0 Å². The van der Waals surface area contributed by atoms with Gasteiger partial charge in [0.05, 0.1) is 41.8 Å². The topological polar surface area (TPSA) is 56.5 Å². The molecule has 24 heavy (non-hydrogen) atoms. The van der Waals surface area contributed by atoms with Crippen molar-refractivity contribution in [1.82, 2.24) is 0 Å². The Morgan fingerprint density at radius 3 is 2.54 bits per heavy atom. The van der Waals surface area contributed by atoms with Gasteiger partial charge in [0.1, 0.15) is 0 Å². The lowest BCUT2D eigenvalue weighted by atomic mass is 10.0. The molecule has 0 saturated heterocycles. The van der Waals surface area contributed by atoms with Crippen LogP contribution in [0.25, 0.3) is 11.1 Å². The number of ether oxygens (including phenoxy) is 1. The molecule has 0 spiro atoms. The summed E-state index contributed by atoms with van der Waals surface area (Å²) in [5.41, 5.74) is 2.83. The monoisotopic (exact) mass is 340 g/mol. The van der Waals surface area contributed by atoms with E-state index in [4.69, 9.17) is 9.15 Å². The first kappa shape index (κ1) is 16.2. The Labute approximate surface area is 142 Å². The van der Waals surface area contributed by atoms with Crippen molar-refractivity contribution >= 4 is 16.8 Å². The zero-order chi connectivity index (χ0) is 16.9. The molecule has 0 fully saturated rings. The number of esters is 1. The average molecular weight is 340 g/mol. The summed E-state index contributed by atoms with van der Waals surface area (Å²) in [5, 5.41) is 0. The van der Waals surface area contributed by atoms with Crippen LogP contribution in [-0.4, -0.2) is 17.3 Å². The van der Waals surface area contributed by atoms with Crippen molar-refractivity contribution in [3.63, 3.8) is 0 Å². The lowest BCUT2D eigenvalue weighted by Gasteiger charge is -2.10. The maximum atomic E-state index is 12.5. The second-order valence-corrected chi connectivity index (χ2v) is 6.63. The van der Waals surface area contributed by atoms with Crippen LogP contribution in [0.4, 0.5) is 0 Å². The van der Waals surface area contributed by atoms with E-state index in [1.807, 2.05) is 48.5 Å². The van der Waals surface area contributed by atoms with E-state index in [2.05, 4.69) is 0 Å². The summed E-state index contributed by atoms with van der Waals surface area (Å²) in [6, 6.07) is 16.4. The number of carbonyl (C=O) groups excluding carboxylic acids is 1. The molecule has 3 aromatic rings. The molecule has 4 nitrogen and oxygen atoms in total. The van der Waals surface area contributed by atoms with Crippen molar-refractivity contribution in [2.24, 2.45) is 0 Å². The van der Waals surface area contributed by atoms with E-state index < -0.39 is 16.8 Å². The van der Waals surface area contributed by atoms with E-state index in [1.54, 1.807) is 18.6 Å². The minimum absolute atomic E-state index is 0.250. The van der Waals surface area contributed by atoms with Gasteiger partial charge in [-0.25, -0.2) is 4.79 Å². The largest absolute Gasteiger partial charge is 0.472 e. The molecule has 5 heteroatoms. The summed E-state index contributed by atoms with van der Waals surface area (Å²) in [6.07, 6.45) is 3.18. The van der Waals surface area contributed by atoms with Gasteiger partial charge in [-0.1, -0.05) is 30.3 Å². The predicted molar refractivity (Wildman–Crippen MR) is 92.0 cm³/mol. The smallest absolute Gasteiger partial charge is 0.338 e. The lowest BCUT2D eigenvalue weighted by Crippen LogP contribution is -2.08. The number of furan rings is 1. The van der Waals surface area contributed by atoms with Crippen LogP contribution in [0.1, 0.15) is 15.9 Å². The number of rotatable bonds is 5. The molecular weight excluding hydrogens is 324 g/mol. The Bertz CT molecular complexity index is 854. The van der Waals surface area contributed by atoms with Gasteiger partial charge in [0.25, 0.3) is 0 Å². The Hall–Kier alpha value is -2.66. The van der Waals surface area contributed by atoms with E-state index in [9.17, 15) is 9.00 Å². The third-order valence-electron chi connectivity index (χ3n) is 3.66. The average Bonchev–Trinajstić information content (AvgIpc) is 3.16. The Morgan fingerprint density at radius 2 is 1.88 bits per heavy atom. The zero-order valence-electron chi connectivity index (χ0n) is 13.1. The highest BCUT2D eigenvalue weighted by molar-refractivity contribution is 7.84. The van der Waals surface area contributed by atoms with Crippen LogP contribution in [-0.2, 0) is 21.3 Å². The molecule has 0 N–H and O–H groups in total. The highest BCUT2D eigenvalue weighted by Crippen LogP contribution is 2.25. The summed E-state index contributed by atoms with van der Waals surface area (Å²) in [7, 11) is 0.105. The fourth-order valence-electron chi connectivity index (χ4n) is 2.41. The second kappa shape index (κ2) is 7.27. The Morgan fingerprint density at radius 1 is 1.08 bits per heavy atom. The van der Waals surface area contributed by atoms with E-state index >= 15 is 0 Å². The summed E-state index contributed by atoms with van der Waals surface area (Å²) in [5.74, 6) is -0.194.